The summed E-state index contributed by atoms with van der Waals surface area (Å²) >= 11 is 0. The minimum Gasteiger partial charge on any atom is -0.357 e. The monoisotopic (exact) mass is 297 g/mol. The second-order valence-electron chi connectivity index (χ2n) is 6.96. The molecule has 3 aliphatic rings. The molecule has 4 nitrogen and oxygen atoms in total. The van der Waals surface area contributed by atoms with Crippen LogP contribution in [0.5, 0.6) is 0 Å². The van der Waals surface area contributed by atoms with Crippen LogP contribution in [0, 0.1) is 11.3 Å². The Hall–Kier alpha value is -1.41. The third-order valence-corrected chi connectivity index (χ3v) is 5.99. The number of morpholine rings is 1. The molecule has 1 saturated carbocycles. The predicted octanol–water partition coefficient (Wildman–Crippen LogP) is 2.71. The molecule has 22 heavy (non-hydrogen) atoms. The van der Waals surface area contributed by atoms with Crippen LogP contribution in [0.4, 0.5) is 0 Å². The molecule has 4 atom stereocenters. The van der Waals surface area contributed by atoms with E-state index in [-0.39, 0.29) is 17.6 Å². The van der Waals surface area contributed by atoms with E-state index in [2.05, 4.69) is 35.2 Å². The van der Waals surface area contributed by atoms with Gasteiger partial charge in [-0.15, -0.1) is 0 Å². The standard InChI is InChI=1S/C18H23N3O/c19-12-15-8-4-9-17-10-5-11-18(17,20)22-13-16(21(15)17)14-6-2-1-3-7-14/h1-3,6-7,15-16H,4-5,8-11,13,20H2/t15-,16-,17+,18-/m0/s1. The molecule has 0 amide bonds. The van der Waals surface area contributed by atoms with Gasteiger partial charge in [0.2, 0.25) is 0 Å². The van der Waals surface area contributed by atoms with Gasteiger partial charge in [0.05, 0.1) is 30.3 Å². The first-order valence-corrected chi connectivity index (χ1v) is 8.36. The van der Waals surface area contributed by atoms with Crippen LogP contribution in [0.3, 0.4) is 0 Å². The molecule has 116 valence electrons. The highest BCUT2D eigenvalue weighted by atomic mass is 16.5. The molecule has 1 spiro atoms. The first-order valence-electron chi connectivity index (χ1n) is 8.36. The molecular weight excluding hydrogens is 274 g/mol. The molecule has 2 saturated heterocycles. The van der Waals surface area contributed by atoms with Crippen molar-refractivity contribution in [2.24, 2.45) is 5.73 Å². The summed E-state index contributed by atoms with van der Waals surface area (Å²) in [5.74, 6) is 0. The smallest absolute Gasteiger partial charge is 0.135 e. The van der Waals surface area contributed by atoms with Gasteiger partial charge in [0, 0.05) is 0 Å². The Morgan fingerprint density at radius 2 is 1.95 bits per heavy atom. The van der Waals surface area contributed by atoms with Gasteiger partial charge in [0.1, 0.15) is 5.72 Å². The minimum atomic E-state index is -0.576. The number of benzene rings is 1. The van der Waals surface area contributed by atoms with E-state index < -0.39 is 5.72 Å². The average Bonchev–Trinajstić information content (AvgIpc) is 2.89. The van der Waals surface area contributed by atoms with Gasteiger partial charge in [-0.05, 0) is 44.1 Å². The van der Waals surface area contributed by atoms with E-state index >= 15 is 0 Å². The van der Waals surface area contributed by atoms with Crippen LogP contribution >= 0.6 is 0 Å². The summed E-state index contributed by atoms with van der Waals surface area (Å²) in [6.07, 6.45) is 6.10. The number of nitriles is 1. The second kappa shape index (κ2) is 5.06. The number of rotatable bonds is 1. The van der Waals surface area contributed by atoms with Crippen molar-refractivity contribution >= 4 is 0 Å². The lowest BCUT2D eigenvalue weighted by Crippen LogP contribution is -2.74. The van der Waals surface area contributed by atoms with Gasteiger partial charge in [-0.3, -0.25) is 4.90 Å². The Morgan fingerprint density at radius 1 is 1.18 bits per heavy atom. The average molecular weight is 297 g/mol. The van der Waals surface area contributed by atoms with E-state index in [0.29, 0.717) is 6.61 Å². The van der Waals surface area contributed by atoms with E-state index in [0.717, 1.165) is 38.5 Å². The first kappa shape index (κ1) is 14.2. The van der Waals surface area contributed by atoms with E-state index in [1.807, 2.05) is 6.07 Å². The zero-order chi connectivity index (χ0) is 15.2. The SMILES string of the molecule is N#C[C@@H]1CCC[C@@]23CCC[C@]2(N)OC[C@@H](c2ccccc2)N13. The number of nitrogens with two attached hydrogens (primary N) is 1. The van der Waals surface area contributed by atoms with Crippen LogP contribution in [-0.2, 0) is 4.74 Å². The normalized spacial score (nSPS) is 41.5. The van der Waals surface area contributed by atoms with Gasteiger partial charge in [0.15, 0.2) is 0 Å². The highest BCUT2D eigenvalue weighted by Gasteiger charge is 2.63. The van der Waals surface area contributed by atoms with E-state index in [9.17, 15) is 5.26 Å². The molecule has 0 radical (unpaired) electrons. The Kier molecular flexibility index (Phi) is 3.26. The van der Waals surface area contributed by atoms with Crippen molar-refractivity contribution < 1.29 is 4.74 Å². The van der Waals surface area contributed by atoms with Crippen LogP contribution in [0.15, 0.2) is 30.3 Å². The fraction of sp³-hybridized carbons (Fsp3) is 0.611. The first-order chi connectivity index (χ1) is 10.7. The second-order valence-corrected chi connectivity index (χ2v) is 6.96. The number of nitrogens with zero attached hydrogens (tertiary/aromatic N) is 2. The molecule has 2 N–H and O–H groups in total. The Bertz CT molecular complexity index is 598. The molecule has 1 aliphatic carbocycles. The van der Waals surface area contributed by atoms with E-state index in [1.54, 1.807) is 0 Å². The molecule has 1 aromatic rings. The topological polar surface area (TPSA) is 62.3 Å². The zero-order valence-electron chi connectivity index (χ0n) is 12.9. The number of piperidine rings is 1. The number of ether oxygens (including phenoxy) is 1. The fourth-order valence-corrected chi connectivity index (χ4v) is 5.02. The molecule has 3 fully saturated rings. The molecule has 4 heteroatoms. The molecule has 2 aliphatic heterocycles. The van der Waals surface area contributed by atoms with Crippen LogP contribution < -0.4 is 5.73 Å². The Labute approximate surface area is 131 Å². The lowest BCUT2D eigenvalue weighted by molar-refractivity contribution is -0.225. The molecule has 2 heterocycles. The molecule has 4 rings (SSSR count). The van der Waals surface area contributed by atoms with Gasteiger partial charge in [-0.2, -0.15) is 5.26 Å². The van der Waals surface area contributed by atoms with Gasteiger partial charge < -0.3 is 10.5 Å². The van der Waals surface area contributed by atoms with Crippen LogP contribution in [0.2, 0.25) is 0 Å². The third kappa shape index (κ3) is 1.80. The maximum absolute atomic E-state index is 9.72. The summed E-state index contributed by atoms with van der Waals surface area (Å²) < 4.78 is 6.24. The van der Waals surface area contributed by atoms with Crippen LogP contribution in [0.1, 0.15) is 50.1 Å². The lowest BCUT2D eigenvalue weighted by Gasteiger charge is -2.60. The molecule has 0 unspecified atom stereocenters. The van der Waals surface area contributed by atoms with Gasteiger partial charge >= 0.3 is 0 Å². The molecule has 1 aromatic carbocycles. The van der Waals surface area contributed by atoms with Crippen molar-refractivity contribution in [3.8, 4) is 6.07 Å². The van der Waals surface area contributed by atoms with Crippen LogP contribution in [-0.4, -0.2) is 28.8 Å². The third-order valence-electron chi connectivity index (χ3n) is 5.99. The zero-order valence-corrected chi connectivity index (χ0v) is 12.9. The predicted molar refractivity (Wildman–Crippen MR) is 83.7 cm³/mol. The lowest BCUT2D eigenvalue weighted by atomic mass is 9.74. The van der Waals surface area contributed by atoms with Crippen molar-refractivity contribution in [2.45, 2.75) is 61.9 Å². The largest absolute Gasteiger partial charge is 0.357 e. The van der Waals surface area contributed by atoms with Gasteiger partial charge in [0.25, 0.3) is 0 Å². The fourth-order valence-electron chi connectivity index (χ4n) is 5.02. The number of hydrogen-bond donors (Lipinski definition) is 1. The van der Waals surface area contributed by atoms with Gasteiger partial charge in [-0.1, -0.05) is 30.3 Å². The molecule has 0 aromatic heterocycles. The maximum Gasteiger partial charge on any atom is 0.135 e. The summed E-state index contributed by atoms with van der Waals surface area (Å²) in [5, 5.41) is 9.72. The maximum atomic E-state index is 9.72. The Balaban J connectivity index is 1.81. The van der Waals surface area contributed by atoms with Crippen molar-refractivity contribution in [3.63, 3.8) is 0 Å². The van der Waals surface area contributed by atoms with Crippen molar-refractivity contribution in [3.05, 3.63) is 35.9 Å². The highest BCUT2D eigenvalue weighted by Crippen LogP contribution is 2.55. The summed E-state index contributed by atoms with van der Waals surface area (Å²) in [5.41, 5.74) is 7.19. The summed E-state index contributed by atoms with van der Waals surface area (Å²) in [7, 11) is 0. The minimum absolute atomic E-state index is 0.0520. The van der Waals surface area contributed by atoms with Crippen molar-refractivity contribution in [1.29, 1.82) is 5.26 Å². The van der Waals surface area contributed by atoms with E-state index in [4.69, 9.17) is 10.5 Å². The summed E-state index contributed by atoms with van der Waals surface area (Å²) in [6.45, 7) is 0.584. The molecule has 0 bridgehead atoms. The number of hydrogen-bond acceptors (Lipinski definition) is 4. The van der Waals surface area contributed by atoms with Crippen LogP contribution in [0.25, 0.3) is 0 Å². The quantitative estimate of drug-likeness (QED) is 0.865. The summed E-state index contributed by atoms with van der Waals surface area (Å²) in [6, 6.07) is 13.1. The van der Waals surface area contributed by atoms with Gasteiger partial charge in [-0.25, -0.2) is 0 Å². The molecular formula is C18H23N3O. The van der Waals surface area contributed by atoms with Crippen molar-refractivity contribution in [1.82, 2.24) is 4.90 Å². The highest BCUT2D eigenvalue weighted by molar-refractivity contribution is 5.26. The Morgan fingerprint density at radius 3 is 2.73 bits per heavy atom. The van der Waals surface area contributed by atoms with E-state index in [1.165, 1.54) is 5.56 Å². The van der Waals surface area contributed by atoms with Crippen molar-refractivity contribution in [2.75, 3.05) is 6.61 Å². The summed E-state index contributed by atoms with van der Waals surface area (Å²) in [4.78, 5) is 2.43.